The van der Waals surface area contributed by atoms with Gasteiger partial charge in [0.05, 0.1) is 5.69 Å². The number of piperazine rings is 1. The SMILES string of the molecule is CCc1cc(CC(N)CC2CN(C)CCN2C)n(C)n1. The van der Waals surface area contributed by atoms with Crippen LogP contribution in [0.5, 0.6) is 0 Å². The molecule has 114 valence electrons. The van der Waals surface area contributed by atoms with E-state index in [9.17, 15) is 0 Å². The van der Waals surface area contributed by atoms with Gasteiger partial charge in [0.1, 0.15) is 0 Å². The number of aromatic nitrogens is 2. The molecule has 1 fully saturated rings. The molecule has 5 nitrogen and oxygen atoms in total. The third-order valence-electron chi connectivity index (χ3n) is 4.42. The first kappa shape index (κ1) is 15.5. The average molecular weight is 279 g/mol. The maximum Gasteiger partial charge on any atom is 0.0624 e. The third-order valence-corrected chi connectivity index (χ3v) is 4.42. The van der Waals surface area contributed by atoms with Crippen molar-refractivity contribution in [3.8, 4) is 0 Å². The fraction of sp³-hybridized carbons (Fsp3) is 0.800. The molecule has 0 aliphatic carbocycles. The van der Waals surface area contributed by atoms with Crippen LogP contribution in [-0.4, -0.2) is 65.4 Å². The molecule has 5 heteroatoms. The minimum atomic E-state index is 0.203. The number of hydrogen-bond acceptors (Lipinski definition) is 4. The number of aryl methyl sites for hydroxylation is 2. The first-order valence-corrected chi connectivity index (χ1v) is 7.65. The van der Waals surface area contributed by atoms with E-state index in [1.807, 2.05) is 11.7 Å². The molecule has 0 amide bonds. The Bertz CT molecular complexity index is 428. The Balaban J connectivity index is 1.91. The summed E-state index contributed by atoms with van der Waals surface area (Å²) in [6.07, 6.45) is 2.95. The smallest absolute Gasteiger partial charge is 0.0624 e. The second kappa shape index (κ2) is 6.70. The molecule has 2 rings (SSSR count). The highest BCUT2D eigenvalue weighted by molar-refractivity contribution is 5.11. The third kappa shape index (κ3) is 3.81. The molecule has 1 aromatic heterocycles. The van der Waals surface area contributed by atoms with E-state index in [-0.39, 0.29) is 6.04 Å². The molecule has 2 heterocycles. The number of nitrogens with zero attached hydrogens (tertiary/aromatic N) is 4. The summed E-state index contributed by atoms with van der Waals surface area (Å²) in [5.41, 5.74) is 8.79. The summed E-state index contributed by atoms with van der Waals surface area (Å²) in [6.45, 7) is 5.55. The molecule has 0 bridgehead atoms. The molecule has 0 radical (unpaired) electrons. The lowest BCUT2D eigenvalue weighted by atomic mass is 10.0. The summed E-state index contributed by atoms with van der Waals surface area (Å²) in [5.74, 6) is 0. The summed E-state index contributed by atoms with van der Waals surface area (Å²) < 4.78 is 1.98. The summed E-state index contributed by atoms with van der Waals surface area (Å²) >= 11 is 0. The van der Waals surface area contributed by atoms with Crippen LogP contribution in [0.4, 0.5) is 0 Å². The first-order valence-electron chi connectivity index (χ1n) is 7.65. The van der Waals surface area contributed by atoms with Crippen molar-refractivity contribution in [3.63, 3.8) is 0 Å². The lowest BCUT2D eigenvalue weighted by Crippen LogP contribution is -2.51. The van der Waals surface area contributed by atoms with Crippen LogP contribution in [0.15, 0.2) is 6.07 Å². The molecule has 2 unspecified atom stereocenters. The first-order chi connectivity index (χ1) is 9.49. The molecular formula is C15H29N5. The fourth-order valence-electron chi connectivity index (χ4n) is 2.99. The molecule has 20 heavy (non-hydrogen) atoms. The standard InChI is InChI=1S/C15H29N5/c1-5-13-10-14(20(4)17-13)8-12(16)9-15-11-18(2)6-7-19(15)3/h10,12,15H,5-9,11,16H2,1-4H3. The van der Waals surface area contributed by atoms with E-state index in [2.05, 4.69) is 42.0 Å². The maximum absolute atomic E-state index is 6.38. The Kier molecular flexibility index (Phi) is 5.18. The second-order valence-corrected chi connectivity index (χ2v) is 6.20. The van der Waals surface area contributed by atoms with Gasteiger partial charge in [0.15, 0.2) is 0 Å². The minimum Gasteiger partial charge on any atom is -0.327 e. The van der Waals surface area contributed by atoms with Crippen LogP contribution >= 0.6 is 0 Å². The molecule has 0 spiro atoms. The molecule has 1 aliphatic heterocycles. The zero-order chi connectivity index (χ0) is 14.7. The average Bonchev–Trinajstić information content (AvgIpc) is 2.74. The van der Waals surface area contributed by atoms with Crippen molar-refractivity contribution in [2.75, 3.05) is 33.7 Å². The van der Waals surface area contributed by atoms with Crippen LogP contribution in [0.25, 0.3) is 0 Å². The van der Waals surface area contributed by atoms with E-state index in [1.54, 1.807) is 0 Å². The molecule has 2 N–H and O–H groups in total. The van der Waals surface area contributed by atoms with E-state index < -0.39 is 0 Å². The monoisotopic (exact) mass is 279 g/mol. The number of hydrogen-bond donors (Lipinski definition) is 1. The molecule has 1 aliphatic rings. The second-order valence-electron chi connectivity index (χ2n) is 6.20. The van der Waals surface area contributed by atoms with E-state index in [0.717, 1.165) is 44.6 Å². The zero-order valence-corrected chi connectivity index (χ0v) is 13.3. The molecule has 2 atom stereocenters. The Hall–Kier alpha value is -0.910. The van der Waals surface area contributed by atoms with Gasteiger partial charge in [-0.15, -0.1) is 0 Å². The number of nitrogens with two attached hydrogens (primary N) is 1. The summed E-state index contributed by atoms with van der Waals surface area (Å²) in [5, 5.41) is 4.50. The molecule has 1 aromatic rings. The highest BCUT2D eigenvalue weighted by Crippen LogP contribution is 2.14. The maximum atomic E-state index is 6.38. The van der Waals surface area contributed by atoms with Gasteiger partial charge in [-0.25, -0.2) is 0 Å². The highest BCUT2D eigenvalue weighted by Gasteiger charge is 2.24. The summed E-state index contributed by atoms with van der Waals surface area (Å²) in [4.78, 5) is 4.84. The van der Waals surface area contributed by atoms with Crippen LogP contribution in [0.2, 0.25) is 0 Å². The Morgan fingerprint density at radius 1 is 1.35 bits per heavy atom. The normalized spacial score (nSPS) is 23.1. The van der Waals surface area contributed by atoms with E-state index in [4.69, 9.17) is 5.73 Å². The number of likely N-dealkylation sites (N-methyl/N-ethyl adjacent to an activating group) is 2. The van der Waals surface area contributed by atoms with Crippen molar-refractivity contribution >= 4 is 0 Å². The van der Waals surface area contributed by atoms with Crippen LogP contribution < -0.4 is 5.73 Å². The van der Waals surface area contributed by atoms with E-state index in [0.29, 0.717) is 6.04 Å². The predicted octanol–water partition coefficient (Wildman–Crippen LogP) is 0.488. The largest absolute Gasteiger partial charge is 0.327 e. The summed E-state index contributed by atoms with van der Waals surface area (Å²) in [7, 11) is 6.42. The minimum absolute atomic E-state index is 0.203. The Morgan fingerprint density at radius 3 is 2.75 bits per heavy atom. The van der Waals surface area contributed by atoms with Crippen molar-refractivity contribution in [1.82, 2.24) is 19.6 Å². The van der Waals surface area contributed by atoms with Crippen molar-refractivity contribution in [2.45, 2.75) is 38.3 Å². The summed E-state index contributed by atoms with van der Waals surface area (Å²) in [6, 6.07) is 2.97. The van der Waals surface area contributed by atoms with E-state index in [1.165, 1.54) is 5.69 Å². The predicted molar refractivity (Wildman–Crippen MR) is 82.8 cm³/mol. The van der Waals surface area contributed by atoms with Crippen molar-refractivity contribution in [2.24, 2.45) is 12.8 Å². The van der Waals surface area contributed by atoms with Crippen LogP contribution in [-0.2, 0) is 19.9 Å². The lowest BCUT2D eigenvalue weighted by Gasteiger charge is -2.38. The van der Waals surface area contributed by atoms with Crippen LogP contribution in [0.3, 0.4) is 0 Å². The van der Waals surface area contributed by atoms with Crippen molar-refractivity contribution in [3.05, 3.63) is 17.5 Å². The van der Waals surface area contributed by atoms with Crippen LogP contribution in [0, 0.1) is 0 Å². The van der Waals surface area contributed by atoms with E-state index >= 15 is 0 Å². The number of rotatable bonds is 5. The van der Waals surface area contributed by atoms with Gasteiger partial charge in [-0.3, -0.25) is 4.68 Å². The van der Waals surface area contributed by atoms with Gasteiger partial charge in [0, 0.05) is 50.9 Å². The van der Waals surface area contributed by atoms with Gasteiger partial charge in [0.25, 0.3) is 0 Å². The molecule has 1 saturated heterocycles. The van der Waals surface area contributed by atoms with Gasteiger partial charge in [-0.1, -0.05) is 6.92 Å². The van der Waals surface area contributed by atoms with Crippen molar-refractivity contribution in [1.29, 1.82) is 0 Å². The van der Waals surface area contributed by atoms with Gasteiger partial charge < -0.3 is 15.5 Å². The highest BCUT2D eigenvalue weighted by atomic mass is 15.3. The fourth-order valence-corrected chi connectivity index (χ4v) is 2.99. The van der Waals surface area contributed by atoms with Gasteiger partial charge in [0.2, 0.25) is 0 Å². The quantitative estimate of drug-likeness (QED) is 0.852. The van der Waals surface area contributed by atoms with Crippen LogP contribution in [0.1, 0.15) is 24.7 Å². The Morgan fingerprint density at radius 2 is 2.10 bits per heavy atom. The molecule has 0 aromatic carbocycles. The van der Waals surface area contributed by atoms with Crippen molar-refractivity contribution < 1.29 is 0 Å². The lowest BCUT2D eigenvalue weighted by molar-refractivity contribution is 0.104. The van der Waals surface area contributed by atoms with Gasteiger partial charge in [-0.2, -0.15) is 5.10 Å². The van der Waals surface area contributed by atoms with Gasteiger partial charge in [-0.05, 0) is 33.0 Å². The molecule has 0 saturated carbocycles. The zero-order valence-electron chi connectivity index (χ0n) is 13.3. The molecular weight excluding hydrogens is 250 g/mol. The Labute approximate surface area is 122 Å². The topological polar surface area (TPSA) is 50.3 Å². The van der Waals surface area contributed by atoms with Gasteiger partial charge >= 0.3 is 0 Å².